The molecular formula is C22H29NO5S. The zero-order valence-electron chi connectivity index (χ0n) is 17.0. The Hall–Kier alpha value is -2.54. The van der Waals surface area contributed by atoms with E-state index in [1.807, 2.05) is 0 Å². The lowest BCUT2D eigenvalue weighted by molar-refractivity contribution is -0.135. The van der Waals surface area contributed by atoms with Crippen molar-refractivity contribution < 1.29 is 23.1 Å². The summed E-state index contributed by atoms with van der Waals surface area (Å²) in [4.78, 5) is 11.2. The maximum atomic E-state index is 12.8. The lowest BCUT2D eigenvalue weighted by atomic mass is 10.0. The number of ether oxygens (including phenoxy) is 1. The van der Waals surface area contributed by atoms with Crippen molar-refractivity contribution in [2.45, 2.75) is 50.3 Å². The molecule has 1 N–H and O–H groups in total. The quantitative estimate of drug-likeness (QED) is 0.738. The second-order valence-electron chi connectivity index (χ2n) is 6.99. The molecule has 2 aromatic carbocycles. The lowest BCUT2D eigenvalue weighted by Gasteiger charge is -2.24. The van der Waals surface area contributed by atoms with Gasteiger partial charge in [-0.25, -0.2) is 8.42 Å². The minimum atomic E-state index is -4.00. The topological polar surface area (TPSA) is 83.9 Å². The fourth-order valence-electron chi connectivity index (χ4n) is 3.19. The van der Waals surface area contributed by atoms with Crippen LogP contribution < -0.4 is 9.04 Å². The molecule has 0 unspecified atom stereocenters. The van der Waals surface area contributed by atoms with E-state index in [0.717, 1.165) is 4.31 Å². The first-order valence-electron chi connectivity index (χ1n) is 9.80. The van der Waals surface area contributed by atoms with Gasteiger partial charge < -0.3 is 9.84 Å². The number of carboxylic acid groups (broad SMARTS) is 1. The van der Waals surface area contributed by atoms with Crippen molar-refractivity contribution in [2.24, 2.45) is 0 Å². The van der Waals surface area contributed by atoms with Crippen molar-refractivity contribution >= 4 is 21.7 Å². The molecule has 1 fully saturated rings. The highest BCUT2D eigenvalue weighted by atomic mass is 32.2. The van der Waals surface area contributed by atoms with Crippen LogP contribution in [0, 0.1) is 6.92 Å². The SMILES string of the molecule is C1CCCCC1.COc1ccc(C)c(N(CC(=O)O)S(=O)(=O)c2ccccc2)c1. The summed E-state index contributed by atoms with van der Waals surface area (Å²) in [5, 5.41) is 9.14. The average molecular weight is 420 g/mol. The highest BCUT2D eigenvalue weighted by Gasteiger charge is 2.28. The van der Waals surface area contributed by atoms with Crippen LogP contribution in [0.2, 0.25) is 0 Å². The van der Waals surface area contributed by atoms with Crippen molar-refractivity contribution in [2.75, 3.05) is 18.0 Å². The number of sulfonamides is 1. The number of anilines is 1. The first-order valence-corrected chi connectivity index (χ1v) is 11.2. The van der Waals surface area contributed by atoms with Gasteiger partial charge in [-0.05, 0) is 30.7 Å². The third-order valence-electron chi connectivity index (χ3n) is 4.80. The van der Waals surface area contributed by atoms with Crippen molar-refractivity contribution in [3.63, 3.8) is 0 Å². The maximum Gasteiger partial charge on any atom is 0.324 e. The Bertz CT molecular complexity index is 881. The second-order valence-corrected chi connectivity index (χ2v) is 8.85. The molecule has 1 saturated carbocycles. The summed E-state index contributed by atoms with van der Waals surface area (Å²) < 4.78 is 31.7. The van der Waals surface area contributed by atoms with E-state index in [1.165, 1.54) is 63.8 Å². The number of carbonyl (C=O) groups is 1. The number of hydrogen-bond donors (Lipinski definition) is 1. The van der Waals surface area contributed by atoms with Gasteiger partial charge in [-0.15, -0.1) is 0 Å². The van der Waals surface area contributed by atoms with Gasteiger partial charge in [-0.2, -0.15) is 0 Å². The van der Waals surface area contributed by atoms with Gasteiger partial charge in [0.15, 0.2) is 0 Å². The Labute approximate surface area is 173 Å². The van der Waals surface area contributed by atoms with Gasteiger partial charge in [0.05, 0.1) is 17.7 Å². The Morgan fingerprint density at radius 3 is 2.03 bits per heavy atom. The maximum absolute atomic E-state index is 12.8. The number of benzene rings is 2. The number of rotatable bonds is 6. The molecule has 0 atom stereocenters. The van der Waals surface area contributed by atoms with Crippen LogP contribution in [0.5, 0.6) is 5.75 Å². The Balaban J connectivity index is 0.000000426. The fraction of sp³-hybridized carbons (Fsp3) is 0.409. The molecule has 0 bridgehead atoms. The van der Waals surface area contributed by atoms with Crippen LogP contribution >= 0.6 is 0 Å². The molecule has 0 amide bonds. The van der Waals surface area contributed by atoms with Crippen LogP contribution in [0.15, 0.2) is 53.4 Å². The molecule has 6 nitrogen and oxygen atoms in total. The average Bonchev–Trinajstić information content (AvgIpc) is 2.75. The molecule has 29 heavy (non-hydrogen) atoms. The zero-order valence-corrected chi connectivity index (χ0v) is 17.8. The van der Waals surface area contributed by atoms with Crippen LogP contribution in [-0.2, 0) is 14.8 Å². The first-order chi connectivity index (χ1) is 13.9. The van der Waals surface area contributed by atoms with Gasteiger partial charge in [0.1, 0.15) is 12.3 Å². The van der Waals surface area contributed by atoms with Crippen molar-refractivity contribution in [1.29, 1.82) is 0 Å². The van der Waals surface area contributed by atoms with E-state index >= 15 is 0 Å². The molecule has 0 aromatic heterocycles. The van der Waals surface area contributed by atoms with Gasteiger partial charge in [0, 0.05) is 6.07 Å². The van der Waals surface area contributed by atoms with E-state index in [0.29, 0.717) is 11.3 Å². The zero-order chi connectivity index (χ0) is 21.3. The first kappa shape index (κ1) is 22.7. The summed E-state index contributed by atoms with van der Waals surface area (Å²) in [7, 11) is -2.54. The normalized spacial score (nSPS) is 13.7. The number of aliphatic carboxylic acids is 1. The van der Waals surface area contributed by atoms with Crippen LogP contribution in [0.3, 0.4) is 0 Å². The minimum absolute atomic E-state index is 0.0310. The highest BCUT2D eigenvalue weighted by molar-refractivity contribution is 7.92. The van der Waals surface area contributed by atoms with E-state index in [9.17, 15) is 13.2 Å². The number of carboxylic acids is 1. The summed E-state index contributed by atoms with van der Waals surface area (Å²) >= 11 is 0. The van der Waals surface area contributed by atoms with E-state index in [2.05, 4.69) is 0 Å². The summed E-state index contributed by atoms with van der Waals surface area (Å²) in [6, 6.07) is 12.6. The number of nitrogens with zero attached hydrogens (tertiary/aromatic N) is 1. The van der Waals surface area contributed by atoms with Crippen LogP contribution in [0.1, 0.15) is 44.1 Å². The highest BCUT2D eigenvalue weighted by Crippen LogP contribution is 2.30. The Kier molecular flexibility index (Phi) is 8.51. The van der Waals surface area contributed by atoms with E-state index in [-0.39, 0.29) is 10.6 Å². The van der Waals surface area contributed by atoms with Gasteiger partial charge in [0.2, 0.25) is 0 Å². The molecule has 1 aliphatic carbocycles. The molecule has 1 aliphatic rings. The number of aryl methyl sites for hydroxylation is 1. The van der Waals surface area contributed by atoms with Crippen molar-refractivity contribution in [3.8, 4) is 5.75 Å². The molecular weight excluding hydrogens is 390 g/mol. The lowest BCUT2D eigenvalue weighted by Crippen LogP contribution is -2.36. The summed E-state index contributed by atoms with van der Waals surface area (Å²) in [5.41, 5.74) is 0.905. The monoisotopic (exact) mass is 419 g/mol. The summed E-state index contributed by atoms with van der Waals surface area (Å²) in [6.07, 6.45) is 9.00. The van der Waals surface area contributed by atoms with Gasteiger partial charge >= 0.3 is 5.97 Å². The molecule has 2 aromatic rings. The molecule has 0 saturated heterocycles. The van der Waals surface area contributed by atoms with E-state index in [4.69, 9.17) is 9.84 Å². The Morgan fingerprint density at radius 1 is 1.00 bits per heavy atom. The summed E-state index contributed by atoms with van der Waals surface area (Å²) in [6.45, 7) is 1.04. The third kappa shape index (κ3) is 6.49. The molecule has 7 heteroatoms. The van der Waals surface area contributed by atoms with Crippen LogP contribution in [0.25, 0.3) is 0 Å². The molecule has 0 spiro atoms. The predicted octanol–water partition coefficient (Wildman–Crippen LogP) is 4.62. The standard InChI is InChI=1S/C16H17NO5S.C6H12/c1-12-8-9-13(22-2)10-15(12)17(11-16(18)19)23(20,21)14-6-4-3-5-7-14;1-2-4-6-5-3-1/h3-10H,11H2,1-2H3,(H,18,19);1-6H2. The summed E-state index contributed by atoms with van der Waals surface area (Å²) in [5.74, 6) is -0.795. The molecule has 0 aliphatic heterocycles. The van der Waals surface area contributed by atoms with Gasteiger partial charge in [-0.1, -0.05) is 62.8 Å². The molecule has 0 heterocycles. The molecule has 0 radical (unpaired) electrons. The minimum Gasteiger partial charge on any atom is -0.497 e. The van der Waals surface area contributed by atoms with Gasteiger partial charge in [0.25, 0.3) is 10.0 Å². The van der Waals surface area contributed by atoms with Crippen LogP contribution in [-0.4, -0.2) is 33.1 Å². The molecule has 3 rings (SSSR count). The Morgan fingerprint density at radius 2 is 1.55 bits per heavy atom. The van der Waals surface area contributed by atoms with E-state index < -0.39 is 22.5 Å². The number of hydrogen-bond acceptors (Lipinski definition) is 4. The third-order valence-corrected chi connectivity index (χ3v) is 6.57. The smallest absolute Gasteiger partial charge is 0.324 e. The van der Waals surface area contributed by atoms with Gasteiger partial charge in [-0.3, -0.25) is 9.10 Å². The van der Waals surface area contributed by atoms with Crippen molar-refractivity contribution in [3.05, 3.63) is 54.1 Å². The largest absolute Gasteiger partial charge is 0.497 e. The van der Waals surface area contributed by atoms with E-state index in [1.54, 1.807) is 37.3 Å². The number of methoxy groups -OCH3 is 1. The molecule has 158 valence electrons. The van der Waals surface area contributed by atoms with Crippen molar-refractivity contribution in [1.82, 2.24) is 0 Å². The fourth-order valence-corrected chi connectivity index (χ4v) is 4.68. The van der Waals surface area contributed by atoms with Crippen LogP contribution in [0.4, 0.5) is 5.69 Å². The predicted molar refractivity (Wildman–Crippen MR) is 114 cm³/mol. The second kappa shape index (κ2) is 10.9.